The van der Waals surface area contributed by atoms with E-state index in [0.29, 0.717) is 43.4 Å². The summed E-state index contributed by atoms with van der Waals surface area (Å²) in [5.41, 5.74) is 0.888. The molecule has 0 N–H and O–H groups in total. The molecule has 0 bridgehead atoms. The zero-order valence-electron chi connectivity index (χ0n) is 21.7. The van der Waals surface area contributed by atoms with Gasteiger partial charge in [-0.05, 0) is 76.3 Å². The van der Waals surface area contributed by atoms with Crippen LogP contribution in [0.3, 0.4) is 0 Å². The van der Waals surface area contributed by atoms with Crippen LogP contribution in [-0.2, 0) is 21.0 Å². The first-order chi connectivity index (χ1) is 16.2. The lowest BCUT2D eigenvalue weighted by Crippen LogP contribution is -2.30. The van der Waals surface area contributed by atoms with Crippen LogP contribution in [0.4, 0.5) is 0 Å². The Morgan fingerprint density at radius 3 is 2.38 bits per heavy atom. The van der Waals surface area contributed by atoms with Gasteiger partial charge in [0, 0.05) is 26.9 Å². The summed E-state index contributed by atoms with van der Waals surface area (Å²) >= 11 is 0. The molecule has 2 fully saturated rings. The van der Waals surface area contributed by atoms with Gasteiger partial charge in [-0.25, -0.2) is 0 Å². The molecule has 0 spiro atoms. The van der Waals surface area contributed by atoms with Crippen molar-refractivity contribution in [2.24, 2.45) is 17.8 Å². The van der Waals surface area contributed by atoms with Crippen molar-refractivity contribution >= 4 is 14.0 Å². The third-order valence-electron chi connectivity index (χ3n) is 6.92. The summed E-state index contributed by atoms with van der Waals surface area (Å²) in [5.74, 6) is 2.22. The van der Waals surface area contributed by atoms with Crippen molar-refractivity contribution < 1.29 is 14.3 Å². The average Bonchev–Trinajstić information content (AvgIpc) is 3.69. The monoisotopic (exact) mass is 487 g/mol. The van der Waals surface area contributed by atoms with Crippen LogP contribution in [0.1, 0.15) is 64.2 Å². The van der Waals surface area contributed by atoms with Crippen molar-refractivity contribution in [2.75, 3.05) is 13.2 Å². The first kappa shape index (κ1) is 25.1. The molecule has 0 radical (unpaired) electrons. The summed E-state index contributed by atoms with van der Waals surface area (Å²) in [6, 6.07) is 3.22. The minimum Gasteiger partial charge on any atom is -0.465 e. The van der Waals surface area contributed by atoms with Gasteiger partial charge in [0.1, 0.15) is 24.2 Å². The smallest absolute Gasteiger partial charge is 0.317 e. The Labute approximate surface area is 204 Å². The fourth-order valence-corrected chi connectivity index (χ4v) is 5.61. The van der Waals surface area contributed by atoms with Crippen LogP contribution < -0.4 is 0 Å². The van der Waals surface area contributed by atoms with Crippen molar-refractivity contribution in [3.05, 3.63) is 18.1 Å². The summed E-state index contributed by atoms with van der Waals surface area (Å²) in [6.45, 7) is 14.5. The van der Waals surface area contributed by atoms with Crippen LogP contribution in [0.2, 0.25) is 25.7 Å². The molecule has 9 heteroatoms. The lowest BCUT2D eigenvalue weighted by molar-refractivity contribution is -0.147. The molecular formula is C25H41N5O3Si. The number of hydrogen-bond donors (Lipinski definition) is 0. The molecule has 0 aromatic carbocycles. The van der Waals surface area contributed by atoms with Gasteiger partial charge in [0.25, 0.3) is 0 Å². The SMILES string of the molecule is CCOC(=O)C(c1nnc(-c2ccnn2C(C)C)n1COCC[Si](C)(C)C)C(C1CC1)C1CC1. The first-order valence-corrected chi connectivity index (χ1v) is 16.6. The van der Waals surface area contributed by atoms with Crippen LogP contribution in [0.15, 0.2) is 12.3 Å². The standard InChI is InChI=1S/C25H41N5O3Si/c1-7-33-25(31)22(21(18-8-9-18)19-10-11-19)24-28-27-23(20-12-13-26-30(20)17(2)3)29(24)16-32-14-15-34(4,5)6/h12-13,17-19,21-22H,7-11,14-16H2,1-6H3. The molecule has 1 unspecified atom stereocenters. The first-order valence-electron chi connectivity index (χ1n) is 12.9. The Bertz CT molecular complexity index is 960. The summed E-state index contributed by atoms with van der Waals surface area (Å²) in [4.78, 5) is 13.4. The lowest BCUT2D eigenvalue weighted by Gasteiger charge is -2.26. The highest BCUT2D eigenvalue weighted by molar-refractivity contribution is 6.76. The second-order valence-corrected chi connectivity index (χ2v) is 17.0. The van der Waals surface area contributed by atoms with Crippen molar-refractivity contribution in [3.8, 4) is 11.5 Å². The largest absolute Gasteiger partial charge is 0.465 e. The number of aromatic nitrogens is 5. The molecule has 1 atom stereocenters. The van der Waals surface area contributed by atoms with Crippen LogP contribution in [0.25, 0.3) is 11.5 Å². The van der Waals surface area contributed by atoms with Gasteiger partial charge in [-0.15, -0.1) is 10.2 Å². The van der Waals surface area contributed by atoms with Crippen LogP contribution >= 0.6 is 0 Å². The van der Waals surface area contributed by atoms with E-state index in [1.807, 2.05) is 22.2 Å². The highest BCUT2D eigenvalue weighted by Gasteiger charge is 2.50. The Hall–Kier alpha value is -2.00. The number of rotatable bonds is 13. The third kappa shape index (κ3) is 5.79. The van der Waals surface area contributed by atoms with E-state index in [1.54, 1.807) is 6.20 Å². The number of ether oxygens (including phenoxy) is 2. The van der Waals surface area contributed by atoms with E-state index in [9.17, 15) is 4.79 Å². The van der Waals surface area contributed by atoms with Crippen LogP contribution in [-0.4, -0.2) is 51.8 Å². The fourth-order valence-electron chi connectivity index (χ4n) is 4.86. The van der Waals surface area contributed by atoms with E-state index in [-0.39, 0.29) is 17.9 Å². The number of esters is 1. The molecule has 2 aliphatic rings. The molecular weight excluding hydrogens is 446 g/mol. The molecule has 8 nitrogen and oxygen atoms in total. The maximum absolute atomic E-state index is 13.4. The van der Waals surface area contributed by atoms with Gasteiger partial charge in [-0.2, -0.15) is 5.10 Å². The zero-order chi connectivity index (χ0) is 24.5. The molecule has 2 aromatic rings. The number of nitrogens with zero attached hydrogens (tertiary/aromatic N) is 5. The molecule has 2 aliphatic carbocycles. The normalized spacial score (nSPS) is 17.5. The molecule has 2 aromatic heterocycles. The van der Waals surface area contributed by atoms with E-state index in [0.717, 1.165) is 11.7 Å². The molecule has 0 amide bonds. The molecule has 188 valence electrons. The zero-order valence-corrected chi connectivity index (χ0v) is 22.7. The Kier molecular flexibility index (Phi) is 7.62. The maximum Gasteiger partial charge on any atom is 0.317 e. The predicted molar refractivity (Wildman–Crippen MR) is 134 cm³/mol. The van der Waals surface area contributed by atoms with Crippen LogP contribution in [0, 0.1) is 17.8 Å². The Morgan fingerprint density at radius 1 is 1.15 bits per heavy atom. The van der Waals surface area contributed by atoms with E-state index < -0.39 is 14.0 Å². The minimum absolute atomic E-state index is 0.175. The topological polar surface area (TPSA) is 84.1 Å². The van der Waals surface area contributed by atoms with Crippen molar-refractivity contribution in [1.82, 2.24) is 24.5 Å². The summed E-state index contributed by atoms with van der Waals surface area (Å²) in [5, 5.41) is 13.8. The van der Waals surface area contributed by atoms with Gasteiger partial charge in [0.2, 0.25) is 0 Å². The Morgan fingerprint density at radius 2 is 1.82 bits per heavy atom. The fraction of sp³-hybridized carbons (Fsp3) is 0.760. The van der Waals surface area contributed by atoms with Gasteiger partial charge in [-0.3, -0.25) is 14.0 Å². The molecule has 4 rings (SSSR count). The average molecular weight is 488 g/mol. The highest BCUT2D eigenvalue weighted by atomic mass is 28.3. The molecule has 2 saturated carbocycles. The summed E-state index contributed by atoms with van der Waals surface area (Å²) in [6.07, 6.45) is 6.53. The number of hydrogen-bond acceptors (Lipinski definition) is 6. The van der Waals surface area contributed by atoms with Crippen LogP contribution in [0.5, 0.6) is 0 Å². The quantitative estimate of drug-likeness (QED) is 0.222. The maximum atomic E-state index is 13.4. The summed E-state index contributed by atoms with van der Waals surface area (Å²) < 4.78 is 15.8. The number of carbonyl (C=O) groups excluding carboxylic acids is 1. The van der Waals surface area contributed by atoms with E-state index in [2.05, 4.69) is 48.8 Å². The van der Waals surface area contributed by atoms with E-state index in [4.69, 9.17) is 9.47 Å². The van der Waals surface area contributed by atoms with E-state index >= 15 is 0 Å². The molecule has 34 heavy (non-hydrogen) atoms. The Balaban J connectivity index is 1.72. The van der Waals surface area contributed by atoms with Crippen molar-refractivity contribution in [3.63, 3.8) is 0 Å². The van der Waals surface area contributed by atoms with Crippen molar-refractivity contribution in [1.29, 1.82) is 0 Å². The minimum atomic E-state index is -1.22. The third-order valence-corrected chi connectivity index (χ3v) is 8.63. The van der Waals surface area contributed by atoms with Gasteiger partial charge < -0.3 is 9.47 Å². The van der Waals surface area contributed by atoms with Gasteiger partial charge in [0.05, 0.1) is 6.61 Å². The predicted octanol–water partition coefficient (Wildman–Crippen LogP) is 5.12. The number of carbonyl (C=O) groups is 1. The van der Waals surface area contributed by atoms with Gasteiger partial charge in [-0.1, -0.05) is 19.6 Å². The molecule has 0 saturated heterocycles. The second kappa shape index (κ2) is 10.3. The van der Waals surface area contributed by atoms with E-state index in [1.165, 1.54) is 25.7 Å². The lowest BCUT2D eigenvalue weighted by atomic mass is 9.83. The molecule has 0 aliphatic heterocycles. The van der Waals surface area contributed by atoms with Crippen molar-refractivity contribution in [2.45, 2.75) is 90.8 Å². The highest BCUT2D eigenvalue weighted by Crippen LogP contribution is 2.55. The second-order valence-electron chi connectivity index (χ2n) is 11.4. The van der Waals surface area contributed by atoms with Gasteiger partial charge in [0.15, 0.2) is 5.82 Å². The summed E-state index contributed by atoms with van der Waals surface area (Å²) in [7, 11) is -1.22. The van der Waals surface area contributed by atoms with Gasteiger partial charge >= 0.3 is 5.97 Å². The molecule has 2 heterocycles.